The number of fused-ring (bicyclic) bond motifs is 3. The van der Waals surface area contributed by atoms with Crippen molar-refractivity contribution in [2.45, 2.75) is 51.1 Å². The van der Waals surface area contributed by atoms with E-state index in [1.807, 2.05) is 13.0 Å². The number of carbonyl (C=O) groups excluding carboxylic acids is 2. The summed E-state index contributed by atoms with van der Waals surface area (Å²) in [6.45, 7) is 1.52. The number of halogens is 7. The largest absolute Gasteiger partial charge is 0.507 e. The van der Waals surface area contributed by atoms with Gasteiger partial charge in [-0.15, -0.1) is 0 Å². The summed E-state index contributed by atoms with van der Waals surface area (Å²) < 4.78 is 87.9. The van der Waals surface area contributed by atoms with Gasteiger partial charge in [-0.25, -0.2) is 4.90 Å². The van der Waals surface area contributed by atoms with E-state index in [1.165, 1.54) is 0 Å². The highest BCUT2D eigenvalue weighted by molar-refractivity contribution is 9.10. The average Bonchev–Trinajstić information content (AvgIpc) is 3.49. The molecule has 0 radical (unpaired) electrons. The van der Waals surface area contributed by atoms with Crippen molar-refractivity contribution in [1.29, 1.82) is 0 Å². The van der Waals surface area contributed by atoms with Gasteiger partial charge >= 0.3 is 12.4 Å². The molecule has 2 aliphatic heterocycles. The fourth-order valence-electron chi connectivity index (χ4n) is 6.47. The fourth-order valence-corrected chi connectivity index (χ4v) is 6.85. The molecule has 44 heavy (non-hydrogen) atoms. The summed E-state index contributed by atoms with van der Waals surface area (Å²) in [6, 6.07) is 5.74. The number of phenolic OH excluding ortho intramolecular Hbond substituents is 1. The standard InChI is InChI=1S/C31H28BrF6NO5/c1-2-15(7-16-8-20(32)4-5-24(16)41)3-6-25-26-17(13-40)9-22-27(23(26)14-44-25)29(43)39(28(22)42)21-11-18(30(33,34)35)10-19(12-21)31(36,37)38/h4-5,7-8,10-12,22-23,25,27,40-41H,2-3,6,9,13-14H2,1H3/b15-7+/t22-,23+,25-,27-/m1/s1. The predicted molar refractivity (Wildman–Crippen MR) is 151 cm³/mol. The van der Waals surface area contributed by atoms with Crippen LogP contribution in [-0.4, -0.2) is 41.3 Å². The van der Waals surface area contributed by atoms with Crippen LogP contribution in [-0.2, 0) is 26.7 Å². The number of amides is 2. The minimum absolute atomic E-state index is 0.00547. The molecule has 236 valence electrons. The Morgan fingerprint density at radius 3 is 2.27 bits per heavy atom. The van der Waals surface area contributed by atoms with Crippen LogP contribution >= 0.6 is 15.9 Å². The number of benzene rings is 2. The second kappa shape index (κ2) is 12.0. The molecule has 0 spiro atoms. The number of phenols is 1. The van der Waals surface area contributed by atoms with E-state index in [0.717, 1.165) is 10.0 Å². The molecule has 0 bridgehead atoms. The third kappa shape index (κ3) is 6.05. The number of carbonyl (C=O) groups is 2. The summed E-state index contributed by atoms with van der Waals surface area (Å²) in [6.07, 6.45) is -7.36. The summed E-state index contributed by atoms with van der Waals surface area (Å²) >= 11 is 3.38. The zero-order valence-electron chi connectivity index (χ0n) is 23.3. The van der Waals surface area contributed by atoms with Crippen LogP contribution in [0.5, 0.6) is 5.75 Å². The van der Waals surface area contributed by atoms with Crippen LogP contribution in [0.15, 0.2) is 57.6 Å². The van der Waals surface area contributed by atoms with Gasteiger partial charge in [-0.1, -0.05) is 34.5 Å². The molecule has 2 amide bonds. The first kappa shape index (κ1) is 32.2. The van der Waals surface area contributed by atoms with Crippen LogP contribution < -0.4 is 4.90 Å². The first-order valence-electron chi connectivity index (χ1n) is 13.9. The number of imide groups is 1. The van der Waals surface area contributed by atoms with E-state index in [-0.39, 0.29) is 24.8 Å². The zero-order chi connectivity index (χ0) is 32.1. The summed E-state index contributed by atoms with van der Waals surface area (Å²) in [7, 11) is 0. The number of aliphatic hydroxyl groups is 1. The van der Waals surface area contributed by atoms with Gasteiger partial charge in [0.2, 0.25) is 11.8 Å². The van der Waals surface area contributed by atoms with E-state index in [1.54, 1.807) is 18.2 Å². The monoisotopic (exact) mass is 687 g/mol. The molecular weight excluding hydrogens is 660 g/mol. The Bertz CT molecular complexity index is 1520. The number of rotatable bonds is 7. The minimum Gasteiger partial charge on any atom is -0.507 e. The predicted octanol–water partition coefficient (Wildman–Crippen LogP) is 7.28. The maximum atomic E-state index is 13.7. The van der Waals surface area contributed by atoms with E-state index in [9.17, 15) is 46.1 Å². The molecule has 0 unspecified atom stereocenters. The lowest BCUT2D eigenvalue weighted by molar-refractivity contribution is -0.143. The molecule has 1 aliphatic carbocycles. The number of alkyl halides is 6. The molecule has 6 nitrogen and oxygen atoms in total. The lowest BCUT2D eigenvalue weighted by atomic mass is 9.69. The molecule has 2 fully saturated rings. The molecule has 2 aromatic carbocycles. The second-order valence-corrected chi connectivity index (χ2v) is 12.1. The molecule has 2 heterocycles. The quantitative estimate of drug-likeness (QED) is 0.182. The number of allylic oxidation sites excluding steroid dienone is 1. The van der Waals surface area contributed by atoms with Gasteiger partial charge in [0.1, 0.15) is 5.75 Å². The maximum absolute atomic E-state index is 13.7. The highest BCUT2D eigenvalue weighted by atomic mass is 79.9. The third-order valence-electron chi connectivity index (χ3n) is 8.56. The van der Waals surface area contributed by atoms with Crippen LogP contribution in [0.4, 0.5) is 32.0 Å². The van der Waals surface area contributed by atoms with Gasteiger partial charge in [-0.2, -0.15) is 26.3 Å². The topological polar surface area (TPSA) is 87.1 Å². The van der Waals surface area contributed by atoms with Crippen molar-refractivity contribution < 1.29 is 50.9 Å². The molecule has 4 atom stereocenters. The van der Waals surface area contributed by atoms with Gasteiger partial charge in [-0.05, 0) is 73.2 Å². The number of anilines is 1. The molecule has 2 N–H and O–H groups in total. The van der Waals surface area contributed by atoms with Crippen molar-refractivity contribution in [1.82, 2.24) is 0 Å². The summed E-state index contributed by atoms with van der Waals surface area (Å²) in [5, 5.41) is 20.4. The number of hydrogen-bond acceptors (Lipinski definition) is 5. The Morgan fingerprint density at radius 2 is 1.68 bits per heavy atom. The van der Waals surface area contributed by atoms with Crippen molar-refractivity contribution in [2.24, 2.45) is 17.8 Å². The summed E-state index contributed by atoms with van der Waals surface area (Å²) in [4.78, 5) is 27.5. The van der Waals surface area contributed by atoms with Crippen molar-refractivity contribution in [3.05, 3.63) is 74.3 Å². The summed E-state index contributed by atoms with van der Waals surface area (Å²) in [5.74, 6) is -4.48. The first-order chi connectivity index (χ1) is 20.6. The van der Waals surface area contributed by atoms with Gasteiger partial charge in [0.25, 0.3) is 0 Å². The molecule has 3 aliphatic rings. The first-order valence-corrected chi connectivity index (χ1v) is 14.7. The summed E-state index contributed by atoms with van der Waals surface area (Å²) in [5.41, 5.74) is -1.32. The Morgan fingerprint density at radius 1 is 1.02 bits per heavy atom. The van der Waals surface area contributed by atoms with Crippen LogP contribution in [0.3, 0.4) is 0 Å². The molecule has 2 saturated heterocycles. The van der Waals surface area contributed by atoms with Gasteiger partial charge < -0.3 is 14.9 Å². The van der Waals surface area contributed by atoms with Crippen LogP contribution in [0, 0.1) is 17.8 Å². The third-order valence-corrected chi connectivity index (χ3v) is 9.05. The van der Waals surface area contributed by atoms with Gasteiger partial charge in [0, 0.05) is 16.0 Å². The van der Waals surface area contributed by atoms with Crippen LogP contribution in [0.1, 0.15) is 49.3 Å². The lowest BCUT2D eigenvalue weighted by Crippen LogP contribution is -2.35. The molecule has 13 heteroatoms. The van der Waals surface area contributed by atoms with Gasteiger partial charge in [-0.3, -0.25) is 9.59 Å². The number of aromatic hydroxyl groups is 1. The van der Waals surface area contributed by atoms with Crippen molar-refractivity contribution >= 4 is 39.5 Å². The zero-order valence-corrected chi connectivity index (χ0v) is 24.9. The van der Waals surface area contributed by atoms with Crippen LogP contribution in [0.25, 0.3) is 6.08 Å². The van der Waals surface area contributed by atoms with E-state index < -0.39 is 71.4 Å². The number of nitrogens with zero attached hydrogens (tertiary/aromatic N) is 1. The Hall–Kier alpha value is -3.16. The highest BCUT2D eigenvalue weighted by Crippen LogP contribution is 2.51. The van der Waals surface area contributed by atoms with Gasteiger partial charge in [0.05, 0.1) is 48.0 Å². The molecule has 0 aromatic heterocycles. The fraction of sp³-hybridized carbons (Fsp3) is 0.419. The normalized spacial score (nSPS) is 24.3. The molecule has 2 aromatic rings. The Kier molecular flexibility index (Phi) is 8.78. The van der Waals surface area contributed by atoms with Crippen LogP contribution in [0.2, 0.25) is 0 Å². The Balaban J connectivity index is 1.42. The number of ether oxygens (including phenoxy) is 1. The number of aliphatic hydroxyl groups excluding tert-OH is 1. The van der Waals surface area contributed by atoms with Crippen molar-refractivity contribution in [3.8, 4) is 5.75 Å². The van der Waals surface area contributed by atoms with Crippen molar-refractivity contribution in [3.63, 3.8) is 0 Å². The SMILES string of the molecule is CC/C(=C\c1cc(Br)ccc1O)CC[C@H]1OC[C@H]2C1=C(CO)C[C@H]1C(=O)N(c3cc(C(F)(F)F)cc(C(F)(F)F)c3)C(=O)[C@H]12. The van der Waals surface area contributed by atoms with Crippen molar-refractivity contribution in [2.75, 3.05) is 18.1 Å². The van der Waals surface area contributed by atoms with E-state index >= 15 is 0 Å². The van der Waals surface area contributed by atoms with E-state index in [0.29, 0.717) is 53.0 Å². The highest BCUT2D eigenvalue weighted by Gasteiger charge is 2.57. The smallest absolute Gasteiger partial charge is 0.416 e. The second-order valence-electron chi connectivity index (χ2n) is 11.2. The maximum Gasteiger partial charge on any atom is 0.416 e. The average molecular weight is 688 g/mol. The Labute approximate surface area is 257 Å². The molecule has 5 rings (SSSR count). The molecular formula is C31H28BrF6NO5. The molecule has 0 saturated carbocycles. The van der Waals surface area contributed by atoms with E-state index in [4.69, 9.17) is 4.74 Å². The minimum atomic E-state index is -5.15. The number of hydrogen-bond donors (Lipinski definition) is 2. The lowest BCUT2D eigenvalue weighted by Gasteiger charge is -2.31. The van der Waals surface area contributed by atoms with Gasteiger partial charge in [0.15, 0.2) is 0 Å². The van der Waals surface area contributed by atoms with E-state index in [2.05, 4.69) is 15.9 Å².